The van der Waals surface area contributed by atoms with E-state index in [1.165, 1.54) is 14.2 Å². The molecule has 0 heterocycles. The third-order valence-electron chi connectivity index (χ3n) is 2.36. The Morgan fingerprint density at radius 2 is 2.11 bits per heavy atom. The summed E-state index contributed by atoms with van der Waals surface area (Å²) in [6.07, 6.45) is -0.626. The number of benzene rings is 1. The molecule has 0 fully saturated rings. The number of amides is 1. The van der Waals surface area contributed by atoms with Crippen molar-refractivity contribution in [2.45, 2.75) is 6.29 Å². The van der Waals surface area contributed by atoms with E-state index in [-0.39, 0.29) is 12.1 Å². The van der Waals surface area contributed by atoms with Crippen molar-refractivity contribution in [3.63, 3.8) is 0 Å². The van der Waals surface area contributed by atoms with Crippen molar-refractivity contribution in [2.75, 3.05) is 20.8 Å². The Bertz CT molecular complexity index is 476. The molecule has 19 heavy (non-hydrogen) atoms. The fourth-order valence-corrected chi connectivity index (χ4v) is 1.33. The minimum Gasteiger partial charge on any atom is -0.354 e. The van der Waals surface area contributed by atoms with Gasteiger partial charge in [0, 0.05) is 25.8 Å². The van der Waals surface area contributed by atoms with Gasteiger partial charge in [-0.25, -0.2) is 0 Å². The molecule has 0 saturated heterocycles. The summed E-state index contributed by atoms with van der Waals surface area (Å²) in [5.41, 5.74) is -0.762. The first kappa shape index (κ1) is 15.0. The summed E-state index contributed by atoms with van der Waals surface area (Å²) in [6.45, 7) is 0.0665. The maximum Gasteiger partial charge on any atom is 0.305 e. The smallest absolute Gasteiger partial charge is 0.305 e. The van der Waals surface area contributed by atoms with E-state index in [4.69, 9.17) is 9.47 Å². The van der Waals surface area contributed by atoms with Crippen LogP contribution in [0.3, 0.4) is 0 Å². The number of nitrogens with zero attached hydrogens (tertiary/aromatic N) is 1. The van der Waals surface area contributed by atoms with E-state index >= 15 is 0 Å². The van der Waals surface area contributed by atoms with Crippen LogP contribution in [-0.4, -0.2) is 37.9 Å². The van der Waals surface area contributed by atoms with Gasteiger partial charge in [-0.3, -0.25) is 14.9 Å². The molecule has 0 spiro atoms. The minimum atomic E-state index is -0.992. The van der Waals surface area contributed by atoms with Crippen LogP contribution in [0, 0.1) is 15.9 Å². The molecule has 0 aliphatic carbocycles. The van der Waals surface area contributed by atoms with Crippen LogP contribution in [0.4, 0.5) is 10.1 Å². The van der Waals surface area contributed by atoms with Gasteiger partial charge in [0.15, 0.2) is 6.29 Å². The molecule has 0 aliphatic rings. The van der Waals surface area contributed by atoms with Gasteiger partial charge >= 0.3 is 5.69 Å². The van der Waals surface area contributed by atoms with Crippen LogP contribution in [0.15, 0.2) is 18.2 Å². The fraction of sp³-hybridized carbons (Fsp3) is 0.364. The third kappa shape index (κ3) is 3.97. The van der Waals surface area contributed by atoms with Gasteiger partial charge in [0.25, 0.3) is 5.91 Å². The summed E-state index contributed by atoms with van der Waals surface area (Å²) in [5.74, 6) is -1.57. The second kappa shape index (κ2) is 6.76. The summed E-state index contributed by atoms with van der Waals surface area (Å²) in [5, 5.41) is 13.0. The standard InChI is InChI=1S/C11H13FN2O5/c1-18-10(19-2)6-13-11(15)7-3-4-8(12)9(5-7)14(16)17/h3-5,10H,6H2,1-2H3,(H,13,15). The Balaban J connectivity index is 2.77. The molecule has 1 rings (SSSR count). The lowest BCUT2D eigenvalue weighted by Crippen LogP contribution is -2.34. The Morgan fingerprint density at radius 1 is 1.47 bits per heavy atom. The highest BCUT2D eigenvalue weighted by atomic mass is 19.1. The van der Waals surface area contributed by atoms with Crippen molar-refractivity contribution < 1.29 is 23.6 Å². The molecule has 1 amide bonds. The number of hydrogen-bond donors (Lipinski definition) is 1. The van der Waals surface area contributed by atoms with Crippen molar-refractivity contribution in [3.05, 3.63) is 39.7 Å². The van der Waals surface area contributed by atoms with Crippen LogP contribution in [0.5, 0.6) is 0 Å². The molecule has 1 aromatic carbocycles. The minimum absolute atomic E-state index is 0.0148. The van der Waals surface area contributed by atoms with Gasteiger partial charge in [0.2, 0.25) is 5.82 Å². The molecule has 0 radical (unpaired) electrons. The highest BCUT2D eigenvalue weighted by molar-refractivity contribution is 5.94. The lowest BCUT2D eigenvalue weighted by Gasteiger charge is -2.13. The van der Waals surface area contributed by atoms with Crippen LogP contribution < -0.4 is 5.32 Å². The van der Waals surface area contributed by atoms with E-state index in [0.29, 0.717) is 0 Å². The number of nitro groups is 1. The summed E-state index contributed by atoms with van der Waals surface area (Å²) in [6, 6.07) is 2.91. The highest BCUT2D eigenvalue weighted by Gasteiger charge is 2.18. The summed E-state index contributed by atoms with van der Waals surface area (Å²) in [4.78, 5) is 21.4. The molecule has 0 bridgehead atoms. The normalized spacial score (nSPS) is 10.5. The predicted octanol–water partition coefficient (Wildman–Crippen LogP) is 1.08. The molecule has 1 N–H and O–H groups in total. The van der Waals surface area contributed by atoms with Crippen LogP contribution in [-0.2, 0) is 9.47 Å². The number of rotatable bonds is 6. The van der Waals surface area contributed by atoms with Gasteiger partial charge in [0.1, 0.15) is 0 Å². The van der Waals surface area contributed by atoms with Crippen molar-refractivity contribution in [1.29, 1.82) is 0 Å². The van der Waals surface area contributed by atoms with E-state index in [0.717, 1.165) is 18.2 Å². The first-order chi connectivity index (χ1) is 8.99. The fourth-order valence-electron chi connectivity index (χ4n) is 1.33. The topological polar surface area (TPSA) is 90.7 Å². The quantitative estimate of drug-likeness (QED) is 0.475. The first-order valence-corrected chi connectivity index (χ1v) is 5.27. The molecule has 0 atom stereocenters. The zero-order valence-electron chi connectivity index (χ0n) is 10.4. The Kier molecular flexibility index (Phi) is 5.34. The molecule has 0 unspecified atom stereocenters. The van der Waals surface area contributed by atoms with E-state index in [2.05, 4.69) is 5.32 Å². The van der Waals surface area contributed by atoms with Crippen molar-refractivity contribution in [3.8, 4) is 0 Å². The van der Waals surface area contributed by atoms with Gasteiger partial charge in [-0.2, -0.15) is 4.39 Å². The number of ether oxygens (including phenoxy) is 2. The number of hydrogen-bond acceptors (Lipinski definition) is 5. The molecule has 1 aromatic rings. The molecular formula is C11H13FN2O5. The third-order valence-corrected chi connectivity index (χ3v) is 2.36. The van der Waals surface area contributed by atoms with Gasteiger partial charge < -0.3 is 14.8 Å². The number of nitrogens with one attached hydrogen (secondary N) is 1. The number of methoxy groups -OCH3 is 2. The SMILES string of the molecule is COC(CNC(=O)c1ccc(F)c([N+](=O)[O-])c1)OC. The average Bonchev–Trinajstić information content (AvgIpc) is 2.39. The van der Waals surface area contributed by atoms with Crippen molar-refractivity contribution >= 4 is 11.6 Å². The van der Waals surface area contributed by atoms with Gasteiger partial charge in [-0.05, 0) is 12.1 Å². The molecule has 7 nitrogen and oxygen atoms in total. The highest BCUT2D eigenvalue weighted by Crippen LogP contribution is 2.18. The van der Waals surface area contributed by atoms with Crippen LogP contribution >= 0.6 is 0 Å². The second-order valence-corrected chi connectivity index (χ2v) is 3.53. The molecule has 0 aliphatic heterocycles. The first-order valence-electron chi connectivity index (χ1n) is 5.27. The number of nitro benzene ring substituents is 1. The van der Waals surface area contributed by atoms with Crippen molar-refractivity contribution in [2.24, 2.45) is 0 Å². The maximum atomic E-state index is 13.1. The summed E-state index contributed by atoms with van der Waals surface area (Å²) >= 11 is 0. The van der Waals surface area contributed by atoms with Crippen LogP contribution in [0.1, 0.15) is 10.4 Å². The lowest BCUT2D eigenvalue weighted by molar-refractivity contribution is -0.387. The van der Waals surface area contributed by atoms with Gasteiger partial charge in [-0.15, -0.1) is 0 Å². The number of halogens is 1. The molecule has 0 aromatic heterocycles. The van der Waals surface area contributed by atoms with E-state index in [1.807, 2.05) is 0 Å². The summed E-state index contributed by atoms with van der Waals surface area (Å²) < 4.78 is 22.8. The molecule has 0 saturated carbocycles. The van der Waals surface area contributed by atoms with E-state index in [1.54, 1.807) is 0 Å². The van der Waals surface area contributed by atoms with Gasteiger partial charge in [-0.1, -0.05) is 0 Å². The van der Waals surface area contributed by atoms with Crippen LogP contribution in [0.2, 0.25) is 0 Å². The van der Waals surface area contributed by atoms with Crippen LogP contribution in [0.25, 0.3) is 0 Å². The maximum absolute atomic E-state index is 13.1. The Morgan fingerprint density at radius 3 is 2.63 bits per heavy atom. The molecule has 104 valence electrons. The number of carbonyl (C=O) groups is 1. The molecule has 8 heteroatoms. The van der Waals surface area contributed by atoms with Gasteiger partial charge in [0.05, 0.1) is 11.5 Å². The Hall–Kier alpha value is -2.06. The lowest BCUT2D eigenvalue weighted by atomic mass is 10.2. The monoisotopic (exact) mass is 272 g/mol. The number of carbonyl (C=O) groups excluding carboxylic acids is 1. The average molecular weight is 272 g/mol. The molecular weight excluding hydrogens is 259 g/mol. The second-order valence-electron chi connectivity index (χ2n) is 3.53. The summed E-state index contributed by atoms with van der Waals surface area (Å²) in [7, 11) is 2.81. The van der Waals surface area contributed by atoms with E-state index in [9.17, 15) is 19.3 Å². The Labute approximate surface area is 108 Å². The zero-order valence-corrected chi connectivity index (χ0v) is 10.4. The predicted molar refractivity (Wildman–Crippen MR) is 63.2 cm³/mol. The van der Waals surface area contributed by atoms with Crippen molar-refractivity contribution in [1.82, 2.24) is 5.32 Å². The van der Waals surface area contributed by atoms with E-state index < -0.39 is 28.6 Å². The zero-order chi connectivity index (χ0) is 14.4. The largest absolute Gasteiger partial charge is 0.354 e.